The number of fused-ring (bicyclic) bond motifs is 1. The lowest BCUT2D eigenvalue weighted by Gasteiger charge is -2.06. The first-order chi connectivity index (χ1) is 7.90. The van der Waals surface area contributed by atoms with E-state index in [4.69, 9.17) is 5.73 Å². The van der Waals surface area contributed by atoms with Crippen LogP contribution in [-0.4, -0.2) is 13.1 Å². The number of nitrogens with two attached hydrogens (primary N) is 1. The van der Waals surface area contributed by atoms with Crippen molar-refractivity contribution in [2.75, 3.05) is 13.1 Å². The summed E-state index contributed by atoms with van der Waals surface area (Å²) < 4.78 is 0. The zero-order valence-electron chi connectivity index (χ0n) is 9.97. The fraction of sp³-hybridized carbons (Fsp3) is 0.571. The molecule has 16 heavy (non-hydrogen) atoms. The molecule has 0 bridgehead atoms. The Bertz CT molecular complexity index is 334. The van der Waals surface area contributed by atoms with Crippen LogP contribution in [0.1, 0.15) is 36.0 Å². The van der Waals surface area contributed by atoms with E-state index in [9.17, 15) is 0 Å². The van der Waals surface area contributed by atoms with E-state index < -0.39 is 0 Å². The van der Waals surface area contributed by atoms with E-state index in [0.29, 0.717) is 0 Å². The van der Waals surface area contributed by atoms with Gasteiger partial charge in [0.25, 0.3) is 0 Å². The first kappa shape index (κ1) is 11.6. The average Bonchev–Trinajstić information content (AvgIpc) is 2.76. The number of hydrogen-bond donors (Lipinski definition) is 2. The second-order valence-corrected chi connectivity index (χ2v) is 4.63. The molecule has 0 unspecified atom stereocenters. The van der Waals surface area contributed by atoms with Crippen LogP contribution in [0.2, 0.25) is 0 Å². The molecule has 88 valence electrons. The molecule has 2 heteroatoms. The summed E-state index contributed by atoms with van der Waals surface area (Å²) in [6.07, 6.45) is 6.19. The molecule has 2 rings (SSSR count). The third kappa shape index (κ3) is 3.06. The molecular formula is C14H22N2. The summed E-state index contributed by atoms with van der Waals surface area (Å²) in [7, 11) is 0. The fourth-order valence-electron chi connectivity index (χ4n) is 2.36. The summed E-state index contributed by atoms with van der Waals surface area (Å²) in [6.45, 7) is 2.88. The van der Waals surface area contributed by atoms with Gasteiger partial charge in [-0.15, -0.1) is 0 Å². The average molecular weight is 218 g/mol. The Morgan fingerprint density at radius 2 is 2.00 bits per heavy atom. The highest BCUT2D eigenvalue weighted by Gasteiger charge is 2.10. The first-order valence-electron chi connectivity index (χ1n) is 6.41. The number of hydrogen-bond acceptors (Lipinski definition) is 2. The van der Waals surface area contributed by atoms with Crippen LogP contribution in [0.5, 0.6) is 0 Å². The molecule has 0 amide bonds. The topological polar surface area (TPSA) is 38.0 Å². The van der Waals surface area contributed by atoms with Crippen molar-refractivity contribution in [3.05, 3.63) is 34.9 Å². The minimum Gasteiger partial charge on any atom is -0.330 e. The third-order valence-corrected chi connectivity index (χ3v) is 3.30. The van der Waals surface area contributed by atoms with Crippen molar-refractivity contribution >= 4 is 0 Å². The smallest absolute Gasteiger partial charge is 0.0205 e. The third-order valence-electron chi connectivity index (χ3n) is 3.30. The highest BCUT2D eigenvalue weighted by atomic mass is 14.8. The molecule has 1 aromatic rings. The monoisotopic (exact) mass is 218 g/mol. The minimum absolute atomic E-state index is 0.806. The van der Waals surface area contributed by atoms with Gasteiger partial charge in [0.2, 0.25) is 0 Å². The lowest BCUT2D eigenvalue weighted by Crippen LogP contribution is -2.15. The van der Waals surface area contributed by atoms with Crippen LogP contribution in [0.15, 0.2) is 18.2 Å². The van der Waals surface area contributed by atoms with Crippen LogP contribution in [-0.2, 0) is 19.4 Å². The van der Waals surface area contributed by atoms with Gasteiger partial charge in [-0.1, -0.05) is 18.2 Å². The van der Waals surface area contributed by atoms with E-state index in [0.717, 1.165) is 26.1 Å². The predicted octanol–water partition coefficient (Wildman–Crippen LogP) is 2.00. The van der Waals surface area contributed by atoms with Crippen LogP contribution in [0.3, 0.4) is 0 Å². The Kier molecular flexibility index (Phi) is 4.37. The predicted molar refractivity (Wildman–Crippen MR) is 68.5 cm³/mol. The molecule has 0 aromatic heterocycles. The summed E-state index contributed by atoms with van der Waals surface area (Å²) in [6, 6.07) is 6.94. The van der Waals surface area contributed by atoms with E-state index in [1.807, 2.05) is 0 Å². The molecule has 2 nitrogen and oxygen atoms in total. The van der Waals surface area contributed by atoms with Crippen molar-refractivity contribution in [3.63, 3.8) is 0 Å². The molecule has 0 atom stereocenters. The molecule has 0 radical (unpaired) electrons. The van der Waals surface area contributed by atoms with Crippen LogP contribution < -0.4 is 11.1 Å². The van der Waals surface area contributed by atoms with Gasteiger partial charge in [0.15, 0.2) is 0 Å². The number of aryl methyl sites for hydroxylation is 2. The summed E-state index contributed by atoms with van der Waals surface area (Å²) in [4.78, 5) is 0. The number of nitrogens with one attached hydrogen (secondary N) is 1. The van der Waals surface area contributed by atoms with Gasteiger partial charge in [0, 0.05) is 6.54 Å². The maximum atomic E-state index is 5.46. The standard InChI is InChI=1S/C14H22N2/c15-8-1-2-9-16-11-12-6-7-13-4-3-5-14(13)10-12/h6-7,10,16H,1-5,8-9,11,15H2. The van der Waals surface area contributed by atoms with E-state index in [2.05, 4.69) is 23.5 Å². The summed E-state index contributed by atoms with van der Waals surface area (Å²) >= 11 is 0. The molecular weight excluding hydrogens is 196 g/mol. The summed E-state index contributed by atoms with van der Waals surface area (Å²) in [5, 5.41) is 3.47. The van der Waals surface area contributed by atoms with Crippen molar-refractivity contribution in [2.24, 2.45) is 5.73 Å². The van der Waals surface area contributed by atoms with E-state index in [1.54, 1.807) is 11.1 Å². The molecule has 0 saturated heterocycles. The van der Waals surface area contributed by atoms with Crippen molar-refractivity contribution in [1.82, 2.24) is 5.32 Å². The van der Waals surface area contributed by atoms with Crippen molar-refractivity contribution in [1.29, 1.82) is 0 Å². The highest BCUT2D eigenvalue weighted by molar-refractivity contribution is 5.35. The van der Waals surface area contributed by atoms with Gasteiger partial charge >= 0.3 is 0 Å². The van der Waals surface area contributed by atoms with Crippen LogP contribution >= 0.6 is 0 Å². The molecule has 1 aromatic carbocycles. The molecule has 0 fully saturated rings. The molecule has 1 aliphatic rings. The molecule has 0 spiro atoms. The Morgan fingerprint density at radius 1 is 1.12 bits per heavy atom. The lowest BCUT2D eigenvalue weighted by atomic mass is 10.1. The van der Waals surface area contributed by atoms with Crippen molar-refractivity contribution in [2.45, 2.75) is 38.6 Å². The fourth-order valence-corrected chi connectivity index (χ4v) is 2.36. The van der Waals surface area contributed by atoms with Gasteiger partial charge in [-0.05, 0) is 61.9 Å². The maximum absolute atomic E-state index is 5.46. The molecule has 3 N–H and O–H groups in total. The SMILES string of the molecule is NCCCCNCc1ccc2c(c1)CCC2. The van der Waals surface area contributed by atoms with Gasteiger partial charge in [-0.2, -0.15) is 0 Å². The second kappa shape index (κ2) is 6.02. The molecule has 0 saturated carbocycles. The van der Waals surface area contributed by atoms with E-state index in [1.165, 1.54) is 31.2 Å². The Labute approximate surface area is 98.2 Å². The summed E-state index contributed by atoms with van der Waals surface area (Å²) in [5.41, 5.74) is 10.0. The minimum atomic E-state index is 0.806. The summed E-state index contributed by atoms with van der Waals surface area (Å²) in [5.74, 6) is 0. The van der Waals surface area contributed by atoms with Crippen LogP contribution in [0.4, 0.5) is 0 Å². The number of benzene rings is 1. The Hall–Kier alpha value is -0.860. The quantitative estimate of drug-likeness (QED) is 0.717. The highest BCUT2D eigenvalue weighted by Crippen LogP contribution is 2.22. The number of rotatable bonds is 6. The van der Waals surface area contributed by atoms with Gasteiger partial charge in [0.05, 0.1) is 0 Å². The van der Waals surface area contributed by atoms with Gasteiger partial charge in [-0.25, -0.2) is 0 Å². The van der Waals surface area contributed by atoms with E-state index >= 15 is 0 Å². The molecule has 1 aliphatic carbocycles. The molecule has 0 heterocycles. The zero-order chi connectivity index (χ0) is 11.2. The van der Waals surface area contributed by atoms with Gasteiger partial charge < -0.3 is 11.1 Å². The Balaban J connectivity index is 1.77. The first-order valence-corrected chi connectivity index (χ1v) is 6.41. The zero-order valence-corrected chi connectivity index (χ0v) is 9.97. The Morgan fingerprint density at radius 3 is 2.88 bits per heavy atom. The maximum Gasteiger partial charge on any atom is 0.0205 e. The van der Waals surface area contributed by atoms with Gasteiger partial charge in [0.1, 0.15) is 0 Å². The van der Waals surface area contributed by atoms with Crippen LogP contribution in [0, 0.1) is 0 Å². The van der Waals surface area contributed by atoms with Crippen molar-refractivity contribution < 1.29 is 0 Å². The largest absolute Gasteiger partial charge is 0.330 e. The molecule has 0 aliphatic heterocycles. The van der Waals surface area contributed by atoms with Gasteiger partial charge in [-0.3, -0.25) is 0 Å². The normalized spacial score (nSPS) is 14.1. The lowest BCUT2D eigenvalue weighted by molar-refractivity contribution is 0.627. The van der Waals surface area contributed by atoms with Crippen molar-refractivity contribution in [3.8, 4) is 0 Å². The number of unbranched alkanes of at least 4 members (excludes halogenated alkanes) is 1. The van der Waals surface area contributed by atoms with E-state index in [-0.39, 0.29) is 0 Å². The van der Waals surface area contributed by atoms with Crippen LogP contribution in [0.25, 0.3) is 0 Å². The second-order valence-electron chi connectivity index (χ2n) is 4.63.